The van der Waals surface area contributed by atoms with Crippen LogP contribution in [0.2, 0.25) is 0 Å². The van der Waals surface area contributed by atoms with Gasteiger partial charge in [-0.15, -0.1) is 0 Å². The summed E-state index contributed by atoms with van der Waals surface area (Å²) < 4.78 is 6.19. The zero-order valence-corrected chi connectivity index (χ0v) is 10.6. The van der Waals surface area contributed by atoms with Crippen LogP contribution in [-0.2, 0) is 9.53 Å². The van der Waals surface area contributed by atoms with Crippen LogP contribution in [0, 0.1) is 0 Å². The average molecular weight is 243 g/mol. The first-order chi connectivity index (χ1) is 8.09. The van der Waals surface area contributed by atoms with Gasteiger partial charge in [-0.2, -0.15) is 0 Å². The molecule has 1 amide bonds. The van der Waals surface area contributed by atoms with Crippen LogP contribution >= 0.6 is 0 Å². The molecule has 0 aliphatic carbocycles. The lowest BCUT2D eigenvalue weighted by Gasteiger charge is -2.39. The topological polar surface area (TPSA) is 49.8 Å². The molecule has 1 atom stereocenters. The number of aliphatic hydroxyl groups excluding tert-OH is 1. The van der Waals surface area contributed by atoms with Gasteiger partial charge in [-0.3, -0.25) is 4.79 Å². The second-order valence-electron chi connectivity index (χ2n) is 5.46. The van der Waals surface area contributed by atoms with Gasteiger partial charge < -0.3 is 19.2 Å². The molecular formula is C12H23N2O3+. The fourth-order valence-corrected chi connectivity index (χ4v) is 2.68. The molecule has 2 saturated heterocycles. The van der Waals surface area contributed by atoms with Gasteiger partial charge in [0.1, 0.15) is 25.7 Å². The first-order valence-corrected chi connectivity index (χ1v) is 6.46. The number of hydrogen-bond acceptors (Lipinski definition) is 3. The van der Waals surface area contributed by atoms with Crippen LogP contribution in [0.1, 0.15) is 12.8 Å². The first kappa shape index (κ1) is 12.8. The van der Waals surface area contributed by atoms with E-state index >= 15 is 0 Å². The molecule has 0 saturated carbocycles. The number of ether oxygens (including phenoxy) is 1. The highest BCUT2D eigenvalue weighted by Crippen LogP contribution is 2.13. The Kier molecular flexibility index (Phi) is 4.01. The van der Waals surface area contributed by atoms with Crippen molar-refractivity contribution in [3.8, 4) is 0 Å². The van der Waals surface area contributed by atoms with E-state index in [1.165, 1.54) is 0 Å². The lowest BCUT2D eigenvalue weighted by molar-refractivity contribution is -0.919. The third-order valence-corrected chi connectivity index (χ3v) is 3.80. The van der Waals surface area contributed by atoms with Crippen LogP contribution in [0.3, 0.4) is 0 Å². The number of likely N-dealkylation sites (tertiary alicyclic amines) is 1. The highest BCUT2D eigenvalue weighted by molar-refractivity contribution is 5.78. The minimum Gasteiger partial charge on any atom is -0.385 e. The number of aliphatic hydroxyl groups is 1. The SMILES string of the molecule is C[N+]1(CC(O)CN2CCCC2=O)CCOCC1. The quantitative estimate of drug-likeness (QED) is 0.674. The van der Waals surface area contributed by atoms with Gasteiger partial charge >= 0.3 is 0 Å². The summed E-state index contributed by atoms with van der Waals surface area (Å²) in [5, 5.41) is 10.1. The maximum atomic E-state index is 11.5. The molecule has 2 aliphatic rings. The molecule has 2 aliphatic heterocycles. The monoisotopic (exact) mass is 243 g/mol. The summed E-state index contributed by atoms with van der Waals surface area (Å²) >= 11 is 0. The van der Waals surface area contributed by atoms with Crippen LogP contribution in [0.4, 0.5) is 0 Å². The number of carbonyl (C=O) groups is 1. The molecule has 0 radical (unpaired) electrons. The van der Waals surface area contributed by atoms with Crippen molar-refractivity contribution in [3.05, 3.63) is 0 Å². The zero-order chi connectivity index (χ0) is 12.3. The van der Waals surface area contributed by atoms with Gasteiger partial charge in [0.15, 0.2) is 0 Å². The summed E-state index contributed by atoms with van der Waals surface area (Å²) in [5.74, 6) is 0.189. The summed E-state index contributed by atoms with van der Waals surface area (Å²) in [6.45, 7) is 5.46. The Labute approximate surface area is 103 Å². The lowest BCUT2D eigenvalue weighted by Crippen LogP contribution is -2.56. The van der Waals surface area contributed by atoms with E-state index in [-0.39, 0.29) is 5.91 Å². The predicted octanol–water partition coefficient (Wildman–Crippen LogP) is -0.553. The number of likely N-dealkylation sites (N-methyl/N-ethyl adjacent to an activating group) is 1. The Morgan fingerprint density at radius 2 is 2.18 bits per heavy atom. The molecule has 0 bridgehead atoms. The summed E-state index contributed by atoms with van der Waals surface area (Å²) in [6.07, 6.45) is 1.17. The molecule has 98 valence electrons. The van der Waals surface area contributed by atoms with Crippen molar-refractivity contribution in [1.29, 1.82) is 0 Å². The van der Waals surface area contributed by atoms with Gasteiger partial charge in [-0.25, -0.2) is 0 Å². The molecule has 17 heavy (non-hydrogen) atoms. The van der Waals surface area contributed by atoms with Crippen molar-refractivity contribution in [2.24, 2.45) is 0 Å². The second kappa shape index (κ2) is 5.33. The molecule has 0 aromatic rings. The third kappa shape index (κ3) is 3.40. The molecule has 0 aromatic heterocycles. The molecule has 5 heteroatoms. The van der Waals surface area contributed by atoms with Gasteiger partial charge in [0.2, 0.25) is 5.91 Å². The van der Waals surface area contributed by atoms with E-state index in [2.05, 4.69) is 7.05 Å². The van der Waals surface area contributed by atoms with Crippen LogP contribution in [0.15, 0.2) is 0 Å². The number of hydrogen-bond donors (Lipinski definition) is 1. The van der Waals surface area contributed by atoms with Crippen molar-refractivity contribution in [2.75, 3.05) is 53.0 Å². The van der Waals surface area contributed by atoms with E-state index in [9.17, 15) is 9.90 Å². The number of rotatable bonds is 4. The molecule has 2 rings (SSSR count). The average Bonchev–Trinajstić information content (AvgIpc) is 2.64. The third-order valence-electron chi connectivity index (χ3n) is 3.80. The van der Waals surface area contributed by atoms with Gasteiger partial charge in [-0.1, -0.05) is 0 Å². The van der Waals surface area contributed by atoms with Crippen molar-refractivity contribution >= 4 is 5.91 Å². The van der Waals surface area contributed by atoms with Crippen molar-refractivity contribution in [2.45, 2.75) is 18.9 Å². The van der Waals surface area contributed by atoms with E-state index in [1.807, 2.05) is 0 Å². The van der Waals surface area contributed by atoms with E-state index in [0.29, 0.717) is 19.5 Å². The largest absolute Gasteiger partial charge is 0.385 e. The predicted molar refractivity (Wildman–Crippen MR) is 63.4 cm³/mol. The van der Waals surface area contributed by atoms with Crippen LogP contribution in [0.25, 0.3) is 0 Å². The maximum absolute atomic E-state index is 11.5. The number of β-amino-alcohol motifs (C(OH)–C–C–N with tert-alkyl or cyclic N) is 1. The van der Waals surface area contributed by atoms with Gasteiger partial charge in [-0.05, 0) is 6.42 Å². The molecule has 1 N–H and O–H groups in total. The smallest absolute Gasteiger partial charge is 0.222 e. The maximum Gasteiger partial charge on any atom is 0.222 e. The van der Waals surface area contributed by atoms with Gasteiger partial charge in [0.25, 0.3) is 0 Å². The zero-order valence-electron chi connectivity index (χ0n) is 10.6. The second-order valence-corrected chi connectivity index (χ2v) is 5.46. The van der Waals surface area contributed by atoms with Gasteiger partial charge in [0, 0.05) is 13.0 Å². The standard InChI is InChI=1S/C12H23N2O3/c1-14(5-7-17-8-6-14)10-11(15)9-13-4-2-3-12(13)16/h11,15H,2-10H2,1H3/q+1. The Hall–Kier alpha value is -0.650. The number of morpholine rings is 1. The highest BCUT2D eigenvalue weighted by Gasteiger charge is 2.30. The minimum absolute atomic E-state index is 0.189. The van der Waals surface area contributed by atoms with Crippen LogP contribution in [-0.4, -0.2) is 79.5 Å². The van der Waals surface area contributed by atoms with E-state index in [0.717, 1.165) is 43.8 Å². The van der Waals surface area contributed by atoms with Crippen LogP contribution < -0.4 is 0 Å². The van der Waals surface area contributed by atoms with E-state index in [1.54, 1.807) is 4.90 Å². The molecule has 0 spiro atoms. The number of nitrogens with zero attached hydrogens (tertiary/aromatic N) is 2. The van der Waals surface area contributed by atoms with Crippen LogP contribution in [0.5, 0.6) is 0 Å². The number of quaternary nitrogens is 1. The molecule has 2 heterocycles. The first-order valence-electron chi connectivity index (χ1n) is 6.46. The normalized spacial score (nSPS) is 26.2. The fourth-order valence-electron chi connectivity index (χ4n) is 2.68. The number of amides is 1. The summed E-state index contributed by atoms with van der Waals surface area (Å²) in [5.41, 5.74) is 0. The molecule has 1 unspecified atom stereocenters. The highest BCUT2D eigenvalue weighted by atomic mass is 16.5. The molecule has 0 aromatic carbocycles. The molecule has 2 fully saturated rings. The van der Waals surface area contributed by atoms with Crippen molar-refractivity contribution in [3.63, 3.8) is 0 Å². The Balaban J connectivity index is 1.79. The molecule has 5 nitrogen and oxygen atoms in total. The summed E-state index contributed by atoms with van der Waals surface area (Å²) in [7, 11) is 2.15. The fraction of sp³-hybridized carbons (Fsp3) is 0.917. The molecular weight excluding hydrogens is 220 g/mol. The Morgan fingerprint density at radius 3 is 2.76 bits per heavy atom. The van der Waals surface area contributed by atoms with Crippen molar-refractivity contribution in [1.82, 2.24) is 4.90 Å². The number of carbonyl (C=O) groups excluding carboxylic acids is 1. The summed E-state index contributed by atoms with van der Waals surface area (Å²) in [6, 6.07) is 0. The van der Waals surface area contributed by atoms with Crippen molar-refractivity contribution < 1.29 is 19.1 Å². The van der Waals surface area contributed by atoms with Gasteiger partial charge in [0.05, 0.1) is 26.8 Å². The van der Waals surface area contributed by atoms with E-state index < -0.39 is 6.10 Å². The lowest BCUT2D eigenvalue weighted by atomic mass is 10.2. The minimum atomic E-state index is -0.417. The van der Waals surface area contributed by atoms with E-state index in [4.69, 9.17) is 4.74 Å². The Morgan fingerprint density at radius 1 is 1.47 bits per heavy atom. The summed E-state index contributed by atoms with van der Waals surface area (Å²) in [4.78, 5) is 13.3. The Bertz CT molecular complexity index is 277.